The fourth-order valence-corrected chi connectivity index (χ4v) is 2.69. The molecule has 0 aliphatic rings. The maximum absolute atomic E-state index is 12.3. The van der Waals surface area contributed by atoms with E-state index in [0.717, 1.165) is 43.4 Å². The number of benzene rings is 1. The van der Waals surface area contributed by atoms with Gasteiger partial charge in [-0.05, 0) is 52.0 Å². The van der Waals surface area contributed by atoms with Crippen LogP contribution in [0.25, 0.3) is 0 Å². The lowest BCUT2D eigenvalue weighted by Gasteiger charge is -2.21. The molecule has 0 aliphatic carbocycles. The normalized spacial score (nSPS) is 10.4. The highest BCUT2D eigenvalue weighted by molar-refractivity contribution is 6.02. The molecule has 0 aliphatic heterocycles. The lowest BCUT2D eigenvalue weighted by atomic mass is 10.2. The van der Waals surface area contributed by atoms with Gasteiger partial charge in [-0.1, -0.05) is 0 Å². The van der Waals surface area contributed by atoms with Crippen molar-refractivity contribution in [2.24, 2.45) is 0 Å². The minimum absolute atomic E-state index is 0.255. The molecular formula is C19H27N5O. The van der Waals surface area contributed by atoms with E-state index in [0.29, 0.717) is 5.69 Å². The van der Waals surface area contributed by atoms with Crippen molar-refractivity contribution < 1.29 is 4.79 Å². The van der Waals surface area contributed by atoms with Gasteiger partial charge in [0.1, 0.15) is 11.5 Å². The lowest BCUT2D eigenvalue weighted by Crippen LogP contribution is -2.24. The molecule has 0 saturated heterocycles. The Labute approximate surface area is 149 Å². The van der Waals surface area contributed by atoms with Crippen LogP contribution in [0.15, 0.2) is 36.7 Å². The number of nitrogens with zero attached hydrogens (tertiary/aromatic N) is 4. The maximum Gasteiger partial charge on any atom is 0.275 e. The molecule has 134 valence electrons. The van der Waals surface area contributed by atoms with Gasteiger partial charge in [-0.25, -0.2) is 9.97 Å². The van der Waals surface area contributed by atoms with Gasteiger partial charge in [-0.15, -0.1) is 0 Å². The lowest BCUT2D eigenvalue weighted by molar-refractivity contribution is 0.102. The van der Waals surface area contributed by atoms with Gasteiger partial charge in [0.25, 0.3) is 5.91 Å². The molecule has 6 heteroatoms. The summed E-state index contributed by atoms with van der Waals surface area (Å²) >= 11 is 0. The summed E-state index contributed by atoms with van der Waals surface area (Å²) in [6, 6.07) is 7.84. The zero-order chi connectivity index (χ0) is 18.2. The van der Waals surface area contributed by atoms with Crippen molar-refractivity contribution in [3.63, 3.8) is 0 Å². The molecule has 2 rings (SSSR count). The number of anilines is 3. The Morgan fingerprint density at radius 3 is 1.96 bits per heavy atom. The van der Waals surface area contributed by atoms with Gasteiger partial charge < -0.3 is 15.1 Å². The number of aromatic nitrogens is 2. The van der Waals surface area contributed by atoms with Gasteiger partial charge >= 0.3 is 0 Å². The average molecular weight is 341 g/mol. The third-order valence-corrected chi connectivity index (χ3v) is 4.21. The Kier molecular flexibility index (Phi) is 6.74. The second kappa shape index (κ2) is 9.01. The van der Waals surface area contributed by atoms with E-state index in [2.05, 4.69) is 52.8 Å². The molecule has 2 aromatic rings. The number of hydrogen-bond donors (Lipinski definition) is 1. The zero-order valence-electron chi connectivity index (χ0n) is 15.5. The summed E-state index contributed by atoms with van der Waals surface area (Å²) in [7, 11) is 0. The summed E-state index contributed by atoms with van der Waals surface area (Å²) in [6.07, 6.45) is 3.17. The fraction of sp³-hybridized carbons (Fsp3) is 0.421. The highest BCUT2D eigenvalue weighted by Gasteiger charge is 2.11. The van der Waals surface area contributed by atoms with Gasteiger partial charge in [-0.3, -0.25) is 4.79 Å². The molecule has 0 radical (unpaired) electrons. The Hall–Kier alpha value is -2.63. The number of hydrogen-bond acceptors (Lipinski definition) is 5. The average Bonchev–Trinajstić information content (AvgIpc) is 2.65. The van der Waals surface area contributed by atoms with Crippen LogP contribution in [0.1, 0.15) is 38.2 Å². The topological polar surface area (TPSA) is 61.4 Å². The van der Waals surface area contributed by atoms with Crippen LogP contribution in [0, 0.1) is 0 Å². The first-order chi connectivity index (χ1) is 12.1. The summed E-state index contributed by atoms with van der Waals surface area (Å²) in [5.41, 5.74) is 2.20. The molecule has 25 heavy (non-hydrogen) atoms. The smallest absolute Gasteiger partial charge is 0.275 e. The predicted octanol–water partition coefficient (Wildman–Crippen LogP) is 3.42. The number of amides is 1. The maximum atomic E-state index is 12.3. The van der Waals surface area contributed by atoms with Gasteiger partial charge in [0, 0.05) is 37.6 Å². The Balaban J connectivity index is 2.04. The number of nitrogens with one attached hydrogen (secondary N) is 1. The van der Waals surface area contributed by atoms with Crippen molar-refractivity contribution in [2.75, 3.05) is 41.3 Å². The monoisotopic (exact) mass is 341 g/mol. The van der Waals surface area contributed by atoms with E-state index in [9.17, 15) is 4.79 Å². The van der Waals surface area contributed by atoms with Crippen molar-refractivity contribution in [1.82, 2.24) is 9.97 Å². The molecule has 1 aromatic carbocycles. The first kappa shape index (κ1) is 18.7. The number of carbonyl (C=O) groups excluding carboxylic acids is 1. The van der Waals surface area contributed by atoms with E-state index in [1.165, 1.54) is 6.20 Å². The van der Waals surface area contributed by atoms with E-state index in [1.807, 2.05) is 24.3 Å². The van der Waals surface area contributed by atoms with Crippen molar-refractivity contribution in [3.8, 4) is 0 Å². The van der Waals surface area contributed by atoms with Gasteiger partial charge in [0.2, 0.25) is 0 Å². The Bertz CT molecular complexity index is 661. The highest BCUT2D eigenvalue weighted by Crippen LogP contribution is 2.18. The predicted molar refractivity (Wildman–Crippen MR) is 104 cm³/mol. The quantitative estimate of drug-likeness (QED) is 0.797. The first-order valence-corrected chi connectivity index (χ1v) is 8.86. The molecule has 1 aromatic heterocycles. The van der Waals surface area contributed by atoms with Crippen molar-refractivity contribution >= 4 is 23.1 Å². The van der Waals surface area contributed by atoms with Crippen LogP contribution in [-0.2, 0) is 0 Å². The molecular weight excluding hydrogens is 314 g/mol. The van der Waals surface area contributed by atoms with E-state index in [-0.39, 0.29) is 5.91 Å². The van der Waals surface area contributed by atoms with Gasteiger partial charge in [0.05, 0.1) is 12.4 Å². The molecule has 0 atom stereocenters. The van der Waals surface area contributed by atoms with Crippen molar-refractivity contribution in [1.29, 1.82) is 0 Å². The van der Waals surface area contributed by atoms with Gasteiger partial charge in [0.15, 0.2) is 0 Å². The van der Waals surface area contributed by atoms with Crippen LogP contribution in [0.2, 0.25) is 0 Å². The third-order valence-electron chi connectivity index (χ3n) is 4.21. The summed E-state index contributed by atoms with van der Waals surface area (Å²) < 4.78 is 0. The molecule has 0 spiro atoms. The van der Waals surface area contributed by atoms with E-state index in [1.54, 1.807) is 6.20 Å². The minimum atomic E-state index is -0.255. The Morgan fingerprint density at radius 2 is 1.48 bits per heavy atom. The number of rotatable bonds is 8. The van der Waals surface area contributed by atoms with Crippen LogP contribution in [-0.4, -0.2) is 42.1 Å². The molecule has 1 N–H and O–H groups in total. The van der Waals surface area contributed by atoms with Crippen LogP contribution in [0.5, 0.6) is 0 Å². The fourth-order valence-electron chi connectivity index (χ4n) is 2.69. The summed E-state index contributed by atoms with van der Waals surface area (Å²) in [5, 5.41) is 2.86. The first-order valence-electron chi connectivity index (χ1n) is 8.86. The molecule has 0 unspecified atom stereocenters. The summed E-state index contributed by atoms with van der Waals surface area (Å²) in [4.78, 5) is 25.2. The third kappa shape index (κ3) is 4.68. The van der Waals surface area contributed by atoms with Gasteiger partial charge in [-0.2, -0.15) is 0 Å². The second-order valence-corrected chi connectivity index (χ2v) is 5.61. The van der Waals surface area contributed by atoms with E-state index in [4.69, 9.17) is 0 Å². The SMILES string of the molecule is CCN(CC)c1ccc(NC(=O)c2cnc(N(CC)CC)cn2)cc1. The molecule has 1 amide bonds. The largest absolute Gasteiger partial charge is 0.372 e. The van der Waals surface area contributed by atoms with Crippen LogP contribution in [0.4, 0.5) is 17.2 Å². The zero-order valence-corrected chi connectivity index (χ0v) is 15.5. The summed E-state index contributed by atoms with van der Waals surface area (Å²) in [6.45, 7) is 12.0. The van der Waals surface area contributed by atoms with Crippen LogP contribution < -0.4 is 15.1 Å². The van der Waals surface area contributed by atoms with E-state index < -0.39 is 0 Å². The van der Waals surface area contributed by atoms with Crippen molar-refractivity contribution in [3.05, 3.63) is 42.4 Å². The van der Waals surface area contributed by atoms with E-state index >= 15 is 0 Å². The van der Waals surface area contributed by atoms with Crippen molar-refractivity contribution in [2.45, 2.75) is 27.7 Å². The molecule has 1 heterocycles. The summed E-state index contributed by atoms with van der Waals surface area (Å²) in [5.74, 6) is 0.527. The molecule has 0 fully saturated rings. The van der Waals surface area contributed by atoms with Crippen LogP contribution in [0.3, 0.4) is 0 Å². The Morgan fingerprint density at radius 1 is 0.880 bits per heavy atom. The molecule has 0 bridgehead atoms. The number of carbonyl (C=O) groups is 1. The minimum Gasteiger partial charge on any atom is -0.372 e. The standard InChI is InChI=1S/C19H27N5O/c1-5-23(6-2)16-11-9-15(10-12-16)22-19(25)17-13-21-18(14-20-17)24(7-3)8-4/h9-14H,5-8H2,1-4H3,(H,22,25). The molecule has 0 saturated carbocycles. The molecule has 6 nitrogen and oxygen atoms in total. The second-order valence-electron chi connectivity index (χ2n) is 5.61. The van der Waals surface area contributed by atoms with Crippen LogP contribution >= 0.6 is 0 Å². The highest BCUT2D eigenvalue weighted by atomic mass is 16.1.